The van der Waals surface area contributed by atoms with Crippen molar-refractivity contribution in [2.75, 3.05) is 13.1 Å². The van der Waals surface area contributed by atoms with Crippen LogP contribution in [0.15, 0.2) is 5.16 Å². The molecule has 0 amide bonds. The van der Waals surface area contributed by atoms with Gasteiger partial charge in [-0.3, -0.25) is 4.90 Å². The van der Waals surface area contributed by atoms with Gasteiger partial charge in [0.25, 0.3) is 0 Å². The summed E-state index contributed by atoms with van der Waals surface area (Å²) in [7, 11) is 0. The van der Waals surface area contributed by atoms with Gasteiger partial charge in [-0.15, -0.1) is 0 Å². The monoisotopic (exact) mass is 187 g/mol. The molecule has 78 valence electrons. The van der Waals surface area contributed by atoms with Crippen LogP contribution in [0, 0.1) is 0 Å². The maximum atomic E-state index is 8.44. The summed E-state index contributed by atoms with van der Waals surface area (Å²) in [4.78, 5) is 2.22. The van der Waals surface area contributed by atoms with Crippen LogP contribution in [0.25, 0.3) is 0 Å². The lowest BCUT2D eigenvalue weighted by Crippen LogP contribution is -2.40. The summed E-state index contributed by atoms with van der Waals surface area (Å²) in [5, 5.41) is 11.4. The van der Waals surface area contributed by atoms with Gasteiger partial charge in [0.15, 0.2) is 5.84 Å². The van der Waals surface area contributed by atoms with Gasteiger partial charge in [-0.1, -0.05) is 19.0 Å². The second kappa shape index (κ2) is 6.71. The average molecular weight is 187 g/mol. The Bertz CT molecular complexity index is 159. The molecule has 4 heteroatoms. The second-order valence-corrected chi connectivity index (χ2v) is 3.32. The second-order valence-electron chi connectivity index (χ2n) is 3.32. The van der Waals surface area contributed by atoms with Crippen molar-refractivity contribution >= 4 is 5.84 Å². The summed E-state index contributed by atoms with van der Waals surface area (Å²) in [6.45, 7) is 7.96. The molecule has 0 aromatic heterocycles. The van der Waals surface area contributed by atoms with Crippen molar-refractivity contribution in [2.45, 2.75) is 39.7 Å². The van der Waals surface area contributed by atoms with E-state index in [9.17, 15) is 0 Å². The van der Waals surface area contributed by atoms with Crippen LogP contribution >= 0.6 is 0 Å². The molecule has 13 heavy (non-hydrogen) atoms. The zero-order valence-electron chi connectivity index (χ0n) is 8.82. The van der Waals surface area contributed by atoms with Crippen molar-refractivity contribution in [2.24, 2.45) is 10.9 Å². The van der Waals surface area contributed by atoms with Gasteiger partial charge in [0, 0.05) is 6.04 Å². The molecule has 0 fully saturated rings. The van der Waals surface area contributed by atoms with Gasteiger partial charge >= 0.3 is 0 Å². The predicted octanol–water partition coefficient (Wildman–Crippen LogP) is 1.24. The Morgan fingerprint density at radius 3 is 2.54 bits per heavy atom. The highest BCUT2D eigenvalue weighted by atomic mass is 16.4. The van der Waals surface area contributed by atoms with E-state index in [2.05, 4.69) is 30.8 Å². The van der Waals surface area contributed by atoms with Crippen LogP contribution in [0.1, 0.15) is 33.6 Å². The number of hydrogen-bond acceptors (Lipinski definition) is 3. The lowest BCUT2D eigenvalue weighted by Gasteiger charge is -2.27. The highest BCUT2D eigenvalue weighted by Gasteiger charge is 2.12. The minimum absolute atomic E-state index is 0.286. The van der Waals surface area contributed by atoms with E-state index in [0.29, 0.717) is 12.6 Å². The molecule has 0 aromatic rings. The molecule has 0 radical (unpaired) electrons. The first kappa shape index (κ1) is 12.2. The number of rotatable bonds is 6. The van der Waals surface area contributed by atoms with Crippen LogP contribution in [0.5, 0.6) is 0 Å². The number of hydrogen-bond donors (Lipinski definition) is 2. The fraction of sp³-hybridized carbons (Fsp3) is 0.889. The van der Waals surface area contributed by atoms with E-state index in [1.54, 1.807) is 0 Å². The van der Waals surface area contributed by atoms with E-state index < -0.39 is 0 Å². The molecule has 0 aromatic carbocycles. The van der Waals surface area contributed by atoms with Gasteiger partial charge in [0.05, 0.1) is 6.54 Å². The molecule has 4 nitrogen and oxygen atoms in total. The molecule has 3 N–H and O–H groups in total. The Morgan fingerprint density at radius 2 is 2.15 bits per heavy atom. The van der Waals surface area contributed by atoms with Crippen LogP contribution in [-0.4, -0.2) is 35.1 Å². The van der Waals surface area contributed by atoms with Crippen molar-refractivity contribution < 1.29 is 5.21 Å². The van der Waals surface area contributed by atoms with Crippen LogP contribution in [0.3, 0.4) is 0 Å². The lowest BCUT2D eigenvalue weighted by atomic mass is 10.2. The van der Waals surface area contributed by atoms with Crippen molar-refractivity contribution in [1.82, 2.24) is 4.90 Å². The summed E-state index contributed by atoms with van der Waals surface area (Å²) in [6, 6.07) is 0.486. The topological polar surface area (TPSA) is 61.8 Å². The van der Waals surface area contributed by atoms with Crippen molar-refractivity contribution in [3.05, 3.63) is 0 Å². The van der Waals surface area contributed by atoms with E-state index in [-0.39, 0.29) is 5.84 Å². The number of amidine groups is 1. The largest absolute Gasteiger partial charge is 0.409 e. The van der Waals surface area contributed by atoms with Crippen molar-refractivity contribution in [3.8, 4) is 0 Å². The van der Waals surface area contributed by atoms with Gasteiger partial charge in [-0.25, -0.2) is 0 Å². The first-order valence-electron chi connectivity index (χ1n) is 4.86. The van der Waals surface area contributed by atoms with Crippen molar-refractivity contribution in [3.63, 3.8) is 0 Å². The quantitative estimate of drug-likeness (QED) is 0.285. The summed E-state index contributed by atoms with van der Waals surface area (Å²) in [5.74, 6) is 0.286. The Kier molecular flexibility index (Phi) is 6.32. The van der Waals surface area contributed by atoms with Gasteiger partial charge < -0.3 is 10.9 Å². The normalized spacial score (nSPS) is 14.9. The molecule has 0 saturated carbocycles. The van der Waals surface area contributed by atoms with E-state index in [4.69, 9.17) is 10.9 Å². The first-order valence-corrected chi connectivity index (χ1v) is 4.86. The first-order chi connectivity index (χ1) is 6.15. The molecule has 0 heterocycles. The zero-order chi connectivity index (χ0) is 10.3. The minimum Gasteiger partial charge on any atom is -0.409 e. The van der Waals surface area contributed by atoms with E-state index in [1.165, 1.54) is 0 Å². The molecule has 0 aliphatic heterocycles. The van der Waals surface area contributed by atoms with E-state index in [0.717, 1.165) is 19.4 Å². The Labute approximate surface area is 80.4 Å². The fourth-order valence-electron chi connectivity index (χ4n) is 1.24. The Hall–Kier alpha value is -0.770. The molecule has 0 aliphatic rings. The van der Waals surface area contributed by atoms with Crippen LogP contribution < -0.4 is 5.73 Å². The van der Waals surface area contributed by atoms with E-state index >= 15 is 0 Å². The van der Waals surface area contributed by atoms with Gasteiger partial charge in [-0.2, -0.15) is 0 Å². The number of nitrogens with zero attached hydrogens (tertiary/aromatic N) is 2. The molecule has 0 rings (SSSR count). The molecule has 1 atom stereocenters. The maximum Gasteiger partial charge on any atom is 0.153 e. The molecular weight excluding hydrogens is 166 g/mol. The predicted molar refractivity (Wildman–Crippen MR) is 55.0 cm³/mol. The molecule has 0 spiro atoms. The molecule has 0 aliphatic carbocycles. The third-order valence-corrected chi connectivity index (χ3v) is 2.22. The molecule has 0 bridgehead atoms. The maximum absolute atomic E-state index is 8.44. The fourth-order valence-corrected chi connectivity index (χ4v) is 1.24. The summed E-state index contributed by atoms with van der Waals surface area (Å²) in [5.41, 5.74) is 5.45. The van der Waals surface area contributed by atoms with E-state index in [1.807, 2.05) is 0 Å². The molecule has 1 unspecified atom stereocenters. The average Bonchev–Trinajstić information content (AvgIpc) is 2.15. The van der Waals surface area contributed by atoms with Gasteiger partial charge in [0.2, 0.25) is 0 Å². The standard InChI is InChI=1S/C9H21N3O/c1-4-6-12(8(3)5-2)7-9(10)11-13/h8,13H,4-7H2,1-3H3,(H2,10,11). The summed E-state index contributed by atoms with van der Waals surface area (Å²) < 4.78 is 0. The molecular formula is C9H21N3O. The highest BCUT2D eigenvalue weighted by molar-refractivity contribution is 5.81. The zero-order valence-corrected chi connectivity index (χ0v) is 8.82. The third kappa shape index (κ3) is 4.72. The minimum atomic E-state index is 0.286. The Morgan fingerprint density at radius 1 is 1.54 bits per heavy atom. The summed E-state index contributed by atoms with van der Waals surface area (Å²) >= 11 is 0. The Balaban J connectivity index is 4.08. The van der Waals surface area contributed by atoms with Crippen molar-refractivity contribution in [1.29, 1.82) is 0 Å². The highest BCUT2D eigenvalue weighted by Crippen LogP contribution is 2.03. The third-order valence-electron chi connectivity index (χ3n) is 2.22. The smallest absolute Gasteiger partial charge is 0.153 e. The SMILES string of the molecule is CCCN(CC(N)=NO)C(C)CC. The lowest BCUT2D eigenvalue weighted by molar-refractivity contribution is 0.228. The number of nitrogens with two attached hydrogens (primary N) is 1. The summed E-state index contributed by atoms with van der Waals surface area (Å²) in [6.07, 6.45) is 2.17. The van der Waals surface area contributed by atoms with Crippen LogP contribution in [0.2, 0.25) is 0 Å². The van der Waals surface area contributed by atoms with Gasteiger partial charge in [-0.05, 0) is 26.3 Å². The van der Waals surface area contributed by atoms with Crippen LogP contribution in [-0.2, 0) is 0 Å². The van der Waals surface area contributed by atoms with Gasteiger partial charge in [0.1, 0.15) is 0 Å². The number of oxime groups is 1. The molecule has 0 saturated heterocycles. The van der Waals surface area contributed by atoms with Crippen LogP contribution in [0.4, 0.5) is 0 Å².